The van der Waals surface area contributed by atoms with Gasteiger partial charge in [0.1, 0.15) is 0 Å². The molecule has 3 aromatic rings. The van der Waals surface area contributed by atoms with Crippen LogP contribution in [-0.2, 0) is 4.79 Å². The predicted molar refractivity (Wildman–Crippen MR) is 102 cm³/mol. The second-order valence-electron chi connectivity index (χ2n) is 5.09. The van der Waals surface area contributed by atoms with Gasteiger partial charge >= 0.3 is 0 Å². The first-order valence-electron chi connectivity index (χ1n) is 7.37. The molecule has 0 aliphatic heterocycles. The van der Waals surface area contributed by atoms with Gasteiger partial charge in [-0.25, -0.2) is 4.98 Å². The predicted octanol–water partition coefficient (Wildman–Crippen LogP) is 3.87. The Bertz CT molecular complexity index is 948. The van der Waals surface area contributed by atoms with E-state index in [4.69, 9.17) is 0 Å². The smallest absolute Gasteiger partial charge is 0.270 e. The topological polar surface area (TPSA) is 114 Å². The third-order valence-electron chi connectivity index (χ3n) is 3.28. The van der Waals surface area contributed by atoms with Gasteiger partial charge in [-0.15, -0.1) is 5.10 Å². The number of H-pyrrole nitrogens is 1. The van der Waals surface area contributed by atoms with Crippen LogP contribution >= 0.6 is 27.7 Å². The highest BCUT2D eigenvalue weighted by atomic mass is 79.9. The van der Waals surface area contributed by atoms with Gasteiger partial charge in [-0.3, -0.25) is 20.0 Å². The van der Waals surface area contributed by atoms with Crippen LogP contribution in [0.4, 0.5) is 11.4 Å². The summed E-state index contributed by atoms with van der Waals surface area (Å²) in [6.07, 6.45) is 0. The number of carbonyl (C=O) groups is 1. The normalized spacial score (nSPS) is 10.5. The van der Waals surface area contributed by atoms with E-state index in [1.165, 1.54) is 30.0 Å². The van der Waals surface area contributed by atoms with Crippen LogP contribution in [0.25, 0.3) is 11.4 Å². The number of carbonyl (C=O) groups excluding carboxylic acids is 1. The van der Waals surface area contributed by atoms with E-state index in [1.54, 1.807) is 0 Å². The van der Waals surface area contributed by atoms with E-state index in [0.717, 1.165) is 5.56 Å². The van der Waals surface area contributed by atoms with Crippen LogP contribution in [0.1, 0.15) is 0 Å². The molecule has 0 atom stereocenters. The summed E-state index contributed by atoms with van der Waals surface area (Å²) in [6.45, 7) is 0. The first kappa shape index (κ1) is 18.1. The lowest BCUT2D eigenvalue weighted by Crippen LogP contribution is -2.14. The fourth-order valence-electron chi connectivity index (χ4n) is 2.07. The van der Waals surface area contributed by atoms with Crippen molar-refractivity contribution in [3.8, 4) is 11.4 Å². The van der Waals surface area contributed by atoms with Crippen LogP contribution in [0.15, 0.2) is 58.2 Å². The van der Waals surface area contributed by atoms with Crippen molar-refractivity contribution in [1.29, 1.82) is 0 Å². The molecular formula is C16H12BrN5O3S. The van der Waals surface area contributed by atoms with Crippen molar-refractivity contribution in [3.05, 3.63) is 63.1 Å². The number of thioether (sulfide) groups is 1. The summed E-state index contributed by atoms with van der Waals surface area (Å²) in [7, 11) is 0. The van der Waals surface area contributed by atoms with Crippen molar-refractivity contribution in [3.63, 3.8) is 0 Å². The lowest BCUT2D eigenvalue weighted by molar-refractivity contribution is -0.384. The molecule has 0 bridgehead atoms. The number of nitro groups is 1. The van der Waals surface area contributed by atoms with Gasteiger partial charge in [-0.05, 0) is 22.0 Å². The molecule has 10 heteroatoms. The number of aromatic nitrogens is 3. The summed E-state index contributed by atoms with van der Waals surface area (Å²) in [5, 5.41) is 20.8. The summed E-state index contributed by atoms with van der Waals surface area (Å²) in [4.78, 5) is 26.6. The van der Waals surface area contributed by atoms with Crippen LogP contribution < -0.4 is 5.32 Å². The first-order valence-corrected chi connectivity index (χ1v) is 9.15. The Morgan fingerprint density at radius 1 is 1.27 bits per heavy atom. The lowest BCUT2D eigenvalue weighted by Gasteiger charge is -2.06. The number of hydrogen-bond acceptors (Lipinski definition) is 6. The number of nitrogens with one attached hydrogen (secondary N) is 2. The number of nitrogens with zero attached hydrogens (tertiary/aromatic N) is 3. The third kappa shape index (κ3) is 4.46. The summed E-state index contributed by atoms with van der Waals surface area (Å²) in [6, 6.07) is 13.7. The minimum absolute atomic E-state index is 0.0570. The highest BCUT2D eigenvalue weighted by Gasteiger charge is 2.13. The number of halogens is 1. The minimum atomic E-state index is -0.500. The Morgan fingerprint density at radius 3 is 2.73 bits per heavy atom. The van der Waals surface area contributed by atoms with Crippen LogP contribution in [0.3, 0.4) is 0 Å². The second-order valence-corrected chi connectivity index (χ2v) is 6.89. The molecule has 26 heavy (non-hydrogen) atoms. The lowest BCUT2D eigenvalue weighted by atomic mass is 10.2. The number of amides is 1. The molecule has 132 valence electrons. The van der Waals surface area contributed by atoms with E-state index >= 15 is 0 Å². The maximum absolute atomic E-state index is 12.1. The van der Waals surface area contributed by atoms with Crippen molar-refractivity contribution < 1.29 is 9.72 Å². The molecule has 1 amide bonds. The zero-order chi connectivity index (χ0) is 18.5. The van der Waals surface area contributed by atoms with Crippen molar-refractivity contribution in [2.75, 3.05) is 11.1 Å². The number of anilines is 1. The van der Waals surface area contributed by atoms with E-state index < -0.39 is 4.92 Å². The van der Waals surface area contributed by atoms with Gasteiger partial charge < -0.3 is 5.32 Å². The van der Waals surface area contributed by atoms with E-state index in [9.17, 15) is 14.9 Å². The van der Waals surface area contributed by atoms with Crippen LogP contribution in [0.2, 0.25) is 0 Å². The largest absolute Gasteiger partial charge is 0.324 e. The first-order chi connectivity index (χ1) is 12.5. The Hall–Kier alpha value is -2.72. The highest BCUT2D eigenvalue weighted by molar-refractivity contribution is 9.10. The van der Waals surface area contributed by atoms with Gasteiger partial charge in [-0.2, -0.15) is 0 Å². The molecule has 8 nitrogen and oxygen atoms in total. The molecule has 0 aliphatic carbocycles. The zero-order valence-corrected chi connectivity index (χ0v) is 15.6. The van der Waals surface area contributed by atoms with Crippen LogP contribution in [0, 0.1) is 10.1 Å². The van der Waals surface area contributed by atoms with E-state index in [1.807, 2.05) is 30.3 Å². The molecule has 0 saturated carbocycles. The Balaban J connectivity index is 1.58. The van der Waals surface area contributed by atoms with Crippen LogP contribution in [-0.4, -0.2) is 31.8 Å². The molecule has 1 heterocycles. The number of aromatic amines is 1. The SMILES string of the molecule is O=C(CSc1n[nH]c(-c2ccccc2)n1)Nc1ccc([N+](=O)[O-])cc1Br. The average Bonchev–Trinajstić information content (AvgIpc) is 3.11. The molecule has 0 saturated heterocycles. The van der Waals surface area contributed by atoms with Gasteiger partial charge in [0.15, 0.2) is 5.82 Å². The maximum Gasteiger partial charge on any atom is 0.270 e. The summed E-state index contributed by atoms with van der Waals surface area (Å²) >= 11 is 4.40. The molecule has 0 aliphatic rings. The molecule has 0 fully saturated rings. The van der Waals surface area contributed by atoms with E-state index in [0.29, 0.717) is 21.1 Å². The number of hydrogen-bond donors (Lipinski definition) is 2. The molecule has 0 radical (unpaired) electrons. The summed E-state index contributed by atoms with van der Waals surface area (Å²) in [5.41, 5.74) is 1.31. The van der Waals surface area contributed by atoms with E-state index in [-0.39, 0.29) is 17.3 Å². The summed E-state index contributed by atoms with van der Waals surface area (Å²) < 4.78 is 0.439. The fourth-order valence-corrected chi connectivity index (χ4v) is 3.14. The minimum Gasteiger partial charge on any atom is -0.324 e. The van der Waals surface area contributed by atoms with Gasteiger partial charge in [0.2, 0.25) is 11.1 Å². The maximum atomic E-state index is 12.1. The number of non-ortho nitro benzene ring substituents is 1. The standard InChI is InChI=1S/C16H12BrN5O3S/c17-12-8-11(22(24)25)6-7-13(12)18-14(23)9-26-16-19-15(20-21-16)10-4-2-1-3-5-10/h1-8H,9H2,(H,18,23)(H,19,20,21). The monoisotopic (exact) mass is 433 g/mol. The molecule has 1 aromatic heterocycles. The number of rotatable bonds is 6. The van der Waals surface area contributed by atoms with Crippen LogP contribution in [0.5, 0.6) is 0 Å². The molecule has 0 unspecified atom stereocenters. The Labute approximate surface area is 160 Å². The highest BCUT2D eigenvalue weighted by Crippen LogP contribution is 2.27. The molecule has 2 N–H and O–H groups in total. The number of benzene rings is 2. The quantitative estimate of drug-likeness (QED) is 0.346. The summed E-state index contributed by atoms with van der Waals surface area (Å²) in [5.74, 6) is 0.470. The molecule has 3 rings (SSSR count). The van der Waals surface area contributed by atoms with Gasteiger partial charge in [0.05, 0.1) is 16.4 Å². The Kier molecular flexibility index (Phi) is 5.64. The van der Waals surface area contributed by atoms with Crippen molar-refractivity contribution in [1.82, 2.24) is 15.2 Å². The molecule has 2 aromatic carbocycles. The molecular weight excluding hydrogens is 422 g/mol. The molecule has 0 spiro atoms. The fraction of sp³-hybridized carbons (Fsp3) is 0.0625. The number of nitro benzene ring substituents is 1. The van der Waals surface area contributed by atoms with E-state index in [2.05, 4.69) is 36.4 Å². The van der Waals surface area contributed by atoms with Crippen molar-refractivity contribution >= 4 is 45.0 Å². The van der Waals surface area contributed by atoms with Gasteiger partial charge in [0, 0.05) is 22.2 Å². The van der Waals surface area contributed by atoms with Gasteiger partial charge in [-0.1, -0.05) is 42.1 Å². The Morgan fingerprint density at radius 2 is 2.04 bits per heavy atom. The van der Waals surface area contributed by atoms with Gasteiger partial charge in [0.25, 0.3) is 5.69 Å². The third-order valence-corrected chi connectivity index (χ3v) is 4.79. The second kappa shape index (κ2) is 8.11. The van der Waals surface area contributed by atoms with Crippen molar-refractivity contribution in [2.45, 2.75) is 5.16 Å². The van der Waals surface area contributed by atoms with Crippen molar-refractivity contribution in [2.24, 2.45) is 0 Å². The average molecular weight is 434 g/mol. The zero-order valence-electron chi connectivity index (χ0n) is 13.2.